The second-order valence-electron chi connectivity index (χ2n) is 3.37. The summed E-state index contributed by atoms with van der Waals surface area (Å²) in [6.07, 6.45) is 0.578. The van der Waals surface area contributed by atoms with E-state index in [-0.39, 0.29) is 5.15 Å². The van der Waals surface area contributed by atoms with Gasteiger partial charge in [0.05, 0.1) is 13.2 Å². The molecule has 0 aromatic carbocycles. The molecular formula is C10H15ClN2O4. The Balaban J connectivity index is 2.42. The first kappa shape index (κ1) is 14.0. The van der Waals surface area contributed by atoms with E-state index in [1.165, 1.54) is 6.07 Å². The fourth-order valence-electron chi connectivity index (χ4n) is 1.27. The van der Waals surface area contributed by atoms with Crippen LogP contribution in [0.1, 0.15) is 6.42 Å². The molecule has 1 aromatic heterocycles. The zero-order valence-corrected chi connectivity index (χ0v) is 10.3. The number of rotatable bonds is 7. The van der Waals surface area contributed by atoms with Crippen molar-refractivity contribution in [2.24, 2.45) is 0 Å². The van der Waals surface area contributed by atoms with Crippen molar-refractivity contribution in [2.75, 3.05) is 26.9 Å². The van der Waals surface area contributed by atoms with Crippen molar-refractivity contribution in [2.45, 2.75) is 13.0 Å². The Bertz CT molecular complexity index is 423. The van der Waals surface area contributed by atoms with Crippen molar-refractivity contribution >= 4 is 11.6 Å². The molecule has 0 atom stereocenters. The Kier molecular flexibility index (Phi) is 5.96. The van der Waals surface area contributed by atoms with Crippen molar-refractivity contribution in [3.8, 4) is 0 Å². The molecule has 0 saturated heterocycles. The van der Waals surface area contributed by atoms with Crippen LogP contribution in [0.3, 0.4) is 0 Å². The molecule has 0 radical (unpaired) electrons. The lowest BCUT2D eigenvalue weighted by Gasteiger charge is -2.05. The molecule has 7 heteroatoms. The lowest BCUT2D eigenvalue weighted by atomic mass is 10.4. The van der Waals surface area contributed by atoms with Gasteiger partial charge in [0.2, 0.25) is 0 Å². The zero-order chi connectivity index (χ0) is 12.7. The molecule has 0 fully saturated rings. The van der Waals surface area contributed by atoms with E-state index in [9.17, 15) is 9.59 Å². The van der Waals surface area contributed by atoms with Crippen molar-refractivity contribution in [1.82, 2.24) is 9.55 Å². The first-order valence-electron chi connectivity index (χ1n) is 5.21. The summed E-state index contributed by atoms with van der Waals surface area (Å²) in [5.74, 6) is 0. The van der Waals surface area contributed by atoms with Gasteiger partial charge in [-0.3, -0.25) is 14.3 Å². The Hall–Kier alpha value is -1.11. The highest BCUT2D eigenvalue weighted by Crippen LogP contribution is 1.94. The fraction of sp³-hybridized carbons (Fsp3) is 0.600. The maximum Gasteiger partial charge on any atom is 0.329 e. The molecule has 0 aliphatic carbocycles. The summed E-state index contributed by atoms with van der Waals surface area (Å²) in [6.45, 7) is 1.81. The summed E-state index contributed by atoms with van der Waals surface area (Å²) in [6, 6.07) is 1.18. The predicted molar refractivity (Wildman–Crippen MR) is 63.6 cm³/mol. The minimum atomic E-state index is -0.501. The van der Waals surface area contributed by atoms with Crippen molar-refractivity contribution in [3.05, 3.63) is 32.1 Å². The lowest BCUT2D eigenvalue weighted by Crippen LogP contribution is -2.34. The molecule has 1 rings (SSSR count). The number of aromatic amines is 1. The molecule has 0 aliphatic rings. The number of aromatic nitrogens is 2. The van der Waals surface area contributed by atoms with E-state index >= 15 is 0 Å². The predicted octanol–water partition coefficient (Wildman–Crippen LogP) is 0.243. The van der Waals surface area contributed by atoms with Crippen LogP contribution in [0, 0.1) is 0 Å². The van der Waals surface area contributed by atoms with Gasteiger partial charge in [0.1, 0.15) is 5.15 Å². The third-order valence-corrected chi connectivity index (χ3v) is 2.29. The number of H-pyrrole nitrogens is 1. The van der Waals surface area contributed by atoms with Crippen molar-refractivity contribution in [3.63, 3.8) is 0 Å². The topological polar surface area (TPSA) is 73.3 Å². The van der Waals surface area contributed by atoms with Crippen LogP contribution >= 0.6 is 11.6 Å². The average Bonchev–Trinajstić information content (AvgIpc) is 2.26. The normalized spacial score (nSPS) is 10.7. The van der Waals surface area contributed by atoms with E-state index in [2.05, 4.69) is 4.98 Å². The van der Waals surface area contributed by atoms with E-state index in [0.29, 0.717) is 32.8 Å². The SMILES string of the molecule is COCCOCCCn1c(=O)cc(Cl)[nH]c1=O. The van der Waals surface area contributed by atoms with Gasteiger partial charge >= 0.3 is 5.69 Å². The molecule has 0 amide bonds. The van der Waals surface area contributed by atoms with E-state index in [4.69, 9.17) is 21.1 Å². The first-order chi connectivity index (χ1) is 8.15. The van der Waals surface area contributed by atoms with Crippen molar-refractivity contribution < 1.29 is 9.47 Å². The van der Waals surface area contributed by atoms with E-state index < -0.39 is 11.2 Å². The molecule has 0 aliphatic heterocycles. The van der Waals surface area contributed by atoms with Crippen LogP contribution in [0.15, 0.2) is 15.7 Å². The Morgan fingerprint density at radius 3 is 2.76 bits per heavy atom. The molecule has 17 heavy (non-hydrogen) atoms. The monoisotopic (exact) mass is 262 g/mol. The third-order valence-electron chi connectivity index (χ3n) is 2.09. The average molecular weight is 263 g/mol. The van der Waals surface area contributed by atoms with Gasteiger partial charge in [0.25, 0.3) is 5.56 Å². The minimum absolute atomic E-state index is 0.0487. The van der Waals surface area contributed by atoms with E-state index in [1.54, 1.807) is 7.11 Å². The highest BCUT2D eigenvalue weighted by Gasteiger charge is 2.02. The molecular weight excluding hydrogens is 248 g/mol. The van der Waals surface area contributed by atoms with Gasteiger partial charge in [-0.25, -0.2) is 4.79 Å². The second kappa shape index (κ2) is 7.26. The first-order valence-corrected chi connectivity index (χ1v) is 5.59. The molecule has 0 spiro atoms. The molecule has 1 aromatic rings. The molecule has 6 nitrogen and oxygen atoms in total. The standard InChI is InChI=1S/C10H15ClN2O4/c1-16-5-6-17-4-2-3-13-9(14)7-8(11)12-10(13)15/h7H,2-6H2,1H3,(H,12,15). The summed E-state index contributed by atoms with van der Waals surface area (Å²) >= 11 is 5.53. The number of hydrogen-bond acceptors (Lipinski definition) is 4. The number of ether oxygens (including phenoxy) is 2. The number of nitrogens with zero attached hydrogens (tertiary/aromatic N) is 1. The quantitative estimate of drug-likeness (QED) is 0.564. The largest absolute Gasteiger partial charge is 0.382 e. The number of methoxy groups -OCH3 is 1. The summed E-state index contributed by atoms with van der Waals surface area (Å²) in [7, 11) is 1.59. The molecule has 1 heterocycles. The number of halogens is 1. The van der Waals surface area contributed by atoms with Gasteiger partial charge in [-0.1, -0.05) is 11.6 Å². The Morgan fingerprint density at radius 1 is 1.35 bits per heavy atom. The summed E-state index contributed by atoms with van der Waals surface area (Å²) < 4.78 is 11.1. The van der Waals surface area contributed by atoms with Crippen molar-refractivity contribution in [1.29, 1.82) is 0 Å². The fourth-order valence-corrected chi connectivity index (χ4v) is 1.45. The summed E-state index contributed by atoms with van der Waals surface area (Å²) in [5.41, 5.74) is -0.907. The maximum absolute atomic E-state index is 11.4. The van der Waals surface area contributed by atoms with Gasteiger partial charge in [0, 0.05) is 26.3 Å². The van der Waals surface area contributed by atoms with Gasteiger partial charge < -0.3 is 9.47 Å². The van der Waals surface area contributed by atoms with Crippen LogP contribution < -0.4 is 11.2 Å². The maximum atomic E-state index is 11.4. The molecule has 0 bridgehead atoms. The highest BCUT2D eigenvalue weighted by atomic mass is 35.5. The minimum Gasteiger partial charge on any atom is -0.382 e. The van der Waals surface area contributed by atoms with Crippen LogP contribution in [0.5, 0.6) is 0 Å². The Morgan fingerprint density at radius 2 is 2.12 bits per heavy atom. The number of nitrogens with one attached hydrogen (secondary N) is 1. The highest BCUT2D eigenvalue weighted by molar-refractivity contribution is 6.29. The van der Waals surface area contributed by atoms with Crippen LogP contribution in [0.2, 0.25) is 5.15 Å². The molecule has 1 N–H and O–H groups in total. The molecule has 96 valence electrons. The van der Waals surface area contributed by atoms with Gasteiger partial charge in [-0.05, 0) is 6.42 Å². The third kappa shape index (κ3) is 4.72. The van der Waals surface area contributed by atoms with Crippen LogP contribution in [0.4, 0.5) is 0 Å². The van der Waals surface area contributed by atoms with E-state index in [1.807, 2.05) is 0 Å². The molecule has 0 saturated carbocycles. The van der Waals surface area contributed by atoms with Gasteiger partial charge in [-0.15, -0.1) is 0 Å². The Labute approximate surface area is 103 Å². The summed E-state index contributed by atoms with van der Waals surface area (Å²) in [5, 5.41) is 0.0487. The van der Waals surface area contributed by atoms with E-state index in [0.717, 1.165) is 4.57 Å². The van der Waals surface area contributed by atoms with Gasteiger partial charge in [0.15, 0.2) is 0 Å². The smallest absolute Gasteiger partial charge is 0.329 e. The van der Waals surface area contributed by atoms with Crippen LogP contribution in [0.25, 0.3) is 0 Å². The number of hydrogen-bond donors (Lipinski definition) is 1. The second-order valence-corrected chi connectivity index (χ2v) is 3.78. The zero-order valence-electron chi connectivity index (χ0n) is 9.57. The van der Waals surface area contributed by atoms with Gasteiger partial charge in [-0.2, -0.15) is 0 Å². The molecule has 0 unspecified atom stereocenters. The summed E-state index contributed by atoms with van der Waals surface area (Å²) in [4.78, 5) is 25.2. The van der Waals surface area contributed by atoms with Crippen LogP contribution in [-0.4, -0.2) is 36.5 Å². The lowest BCUT2D eigenvalue weighted by molar-refractivity contribution is 0.0678. The van der Waals surface area contributed by atoms with Crippen LogP contribution in [-0.2, 0) is 16.0 Å².